The van der Waals surface area contributed by atoms with E-state index in [0.29, 0.717) is 30.1 Å². The Morgan fingerprint density at radius 2 is 2.04 bits per heavy atom. The Bertz CT molecular complexity index is 591. The van der Waals surface area contributed by atoms with Gasteiger partial charge in [0, 0.05) is 32.1 Å². The second-order valence-corrected chi connectivity index (χ2v) is 8.99. The predicted molar refractivity (Wildman–Crippen MR) is 93.0 cm³/mol. The van der Waals surface area contributed by atoms with E-state index >= 15 is 0 Å². The van der Waals surface area contributed by atoms with Crippen LogP contribution < -0.4 is 0 Å². The molecule has 0 bridgehead atoms. The van der Waals surface area contributed by atoms with Crippen molar-refractivity contribution in [2.75, 3.05) is 26.2 Å². The topological polar surface area (TPSA) is 57.7 Å². The number of amides is 1. The fraction of sp³-hybridized carbons (Fsp3) is 0.688. The maximum atomic E-state index is 12.6. The molecule has 0 unspecified atom stereocenters. The first-order valence-electron chi connectivity index (χ1n) is 8.33. The van der Waals surface area contributed by atoms with Crippen LogP contribution in [0, 0.1) is 5.92 Å². The van der Waals surface area contributed by atoms with Crippen LogP contribution in [0.2, 0.25) is 0 Å². The number of hydrogen-bond acceptors (Lipinski definition) is 4. The van der Waals surface area contributed by atoms with Crippen molar-refractivity contribution < 1.29 is 13.2 Å². The normalized spacial score (nSPS) is 17.3. The van der Waals surface area contributed by atoms with Gasteiger partial charge in [0.05, 0.1) is 0 Å². The highest BCUT2D eigenvalue weighted by atomic mass is 32.2. The van der Waals surface area contributed by atoms with Crippen molar-refractivity contribution in [2.45, 2.75) is 43.7 Å². The van der Waals surface area contributed by atoms with Gasteiger partial charge in [0.2, 0.25) is 5.91 Å². The molecule has 5 nitrogen and oxygen atoms in total. The highest BCUT2D eigenvalue weighted by Gasteiger charge is 2.33. The van der Waals surface area contributed by atoms with Gasteiger partial charge in [0.15, 0.2) is 0 Å². The summed E-state index contributed by atoms with van der Waals surface area (Å²) in [5, 5.41) is 1.77. The van der Waals surface area contributed by atoms with E-state index in [0.717, 1.165) is 25.9 Å². The second kappa shape index (κ2) is 8.26. The van der Waals surface area contributed by atoms with Crippen molar-refractivity contribution in [3.8, 4) is 0 Å². The summed E-state index contributed by atoms with van der Waals surface area (Å²) >= 11 is 1.24. The van der Waals surface area contributed by atoms with Crippen LogP contribution in [0.5, 0.6) is 0 Å². The Balaban J connectivity index is 1.94. The van der Waals surface area contributed by atoms with E-state index in [1.165, 1.54) is 15.6 Å². The zero-order valence-corrected chi connectivity index (χ0v) is 15.5. The van der Waals surface area contributed by atoms with Gasteiger partial charge in [-0.3, -0.25) is 4.79 Å². The average Bonchev–Trinajstić information content (AvgIpc) is 3.11. The highest BCUT2D eigenvalue weighted by molar-refractivity contribution is 7.91. The number of thiophene rings is 1. The fourth-order valence-electron chi connectivity index (χ4n) is 2.91. The molecule has 1 aromatic rings. The largest absolute Gasteiger partial charge is 0.343 e. The molecule has 0 spiro atoms. The van der Waals surface area contributed by atoms with Crippen molar-refractivity contribution >= 4 is 27.3 Å². The summed E-state index contributed by atoms with van der Waals surface area (Å²) in [6.45, 7) is 6.52. The zero-order chi connectivity index (χ0) is 16.9. The summed E-state index contributed by atoms with van der Waals surface area (Å²) in [6.07, 6.45) is 3.32. The van der Waals surface area contributed by atoms with Crippen LogP contribution in [-0.2, 0) is 14.8 Å². The molecule has 0 atom stereocenters. The monoisotopic (exact) mass is 358 g/mol. The number of rotatable bonds is 7. The lowest BCUT2D eigenvalue weighted by Crippen LogP contribution is -2.44. The van der Waals surface area contributed by atoms with Gasteiger partial charge in [-0.05, 0) is 37.6 Å². The third-order valence-corrected chi connectivity index (χ3v) is 7.64. The lowest BCUT2D eigenvalue weighted by atomic mass is 9.96. The van der Waals surface area contributed by atoms with Crippen molar-refractivity contribution in [3.05, 3.63) is 17.5 Å². The molecule has 0 aromatic carbocycles. The van der Waals surface area contributed by atoms with Crippen molar-refractivity contribution in [1.29, 1.82) is 0 Å². The van der Waals surface area contributed by atoms with Gasteiger partial charge in [-0.25, -0.2) is 8.42 Å². The maximum Gasteiger partial charge on any atom is 0.252 e. The molecule has 130 valence electrons. The second-order valence-electron chi connectivity index (χ2n) is 5.88. The summed E-state index contributed by atoms with van der Waals surface area (Å²) in [5.41, 5.74) is 0. The van der Waals surface area contributed by atoms with Crippen LogP contribution in [0.15, 0.2) is 21.7 Å². The molecule has 1 aromatic heterocycles. The number of hydrogen-bond donors (Lipinski definition) is 0. The van der Waals surface area contributed by atoms with Crippen LogP contribution in [0.1, 0.15) is 39.5 Å². The highest BCUT2D eigenvalue weighted by Crippen LogP contribution is 2.27. The van der Waals surface area contributed by atoms with Gasteiger partial charge >= 0.3 is 0 Å². The van der Waals surface area contributed by atoms with Crippen LogP contribution in [0.4, 0.5) is 0 Å². The summed E-state index contributed by atoms with van der Waals surface area (Å²) in [6, 6.07) is 3.39. The number of carbonyl (C=O) groups is 1. The van der Waals surface area contributed by atoms with E-state index in [2.05, 4.69) is 6.92 Å². The number of unbranched alkanes of at least 4 members (excludes halogenated alkanes) is 1. The third kappa shape index (κ3) is 4.33. The van der Waals surface area contributed by atoms with Gasteiger partial charge < -0.3 is 4.90 Å². The first-order chi connectivity index (χ1) is 11.0. The molecule has 0 saturated carbocycles. The van der Waals surface area contributed by atoms with Crippen molar-refractivity contribution in [1.82, 2.24) is 9.21 Å². The maximum absolute atomic E-state index is 12.6. The number of carbonyl (C=O) groups excluding carboxylic acids is 1. The summed E-state index contributed by atoms with van der Waals surface area (Å²) in [4.78, 5) is 14.5. The van der Waals surface area contributed by atoms with Crippen LogP contribution in [0.3, 0.4) is 0 Å². The molecule has 2 rings (SSSR count). The van der Waals surface area contributed by atoms with Crippen molar-refractivity contribution in [2.24, 2.45) is 5.92 Å². The molecule has 7 heteroatoms. The van der Waals surface area contributed by atoms with E-state index < -0.39 is 10.0 Å². The molecular formula is C16H26N2O3S2. The van der Waals surface area contributed by atoms with E-state index in [-0.39, 0.29) is 11.8 Å². The minimum atomic E-state index is -3.38. The quantitative estimate of drug-likeness (QED) is 0.753. The third-order valence-electron chi connectivity index (χ3n) is 4.37. The zero-order valence-electron chi connectivity index (χ0n) is 13.9. The average molecular weight is 359 g/mol. The molecule has 0 radical (unpaired) electrons. The molecule has 1 aliphatic rings. The van der Waals surface area contributed by atoms with Gasteiger partial charge in [0.1, 0.15) is 4.21 Å². The molecule has 0 aliphatic carbocycles. The first kappa shape index (κ1) is 18.4. The van der Waals surface area contributed by atoms with Gasteiger partial charge in [0.25, 0.3) is 10.0 Å². The first-order valence-corrected chi connectivity index (χ1v) is 10.6. The van der Waals surface area contributed by atoms with Crippen LogP contribution in [-0.4, -0.2) is 49.7 Å². The molecule has 0 N–H and O–H groups in total. The molecule has 1 amide bonds. The summed E-state index contributed by atoms with van der Waals surface area (Å²) in [7, 11) is -3.38. The van der Waals surface area contributed by atoms with Gasteiger partial charge in [-0.2, -0.15) is 4.31 Å². The molecule has 23 heavy (non-hydrogen) atoms. The Kier molecular flexibility index (Phi) is 6.61. The lowest BCUT2D eigenvalue weighted by Gasteiger charge is -2.33. The minimum Gasteiger partial charge on any atom is -0.343 e. The van der Waals surface area contributed by atoms with E-state index in [4.69, 9.17) is 0 Å². The smallest absolute Gasteiger partial charge is 0.252 e. The Hall–Kier alpha value is -0.920. The Morgan fingerprint density at radius 3 is 2.57 bits per heavy atom. The van der Waals surface area contributed by atoms with E-state index in [1.807, 2.05) is 11.8 Å². The number of nitrogens with zero attached hydrogens (tertiary/aromatic N) is 2. The summed E-state index contributed by atoms with van der Waals surface area (Å²) < 4.78 is 26.9. The van der Waals surface area contributed by atoms with Crippen molar-refractivity contribution in [3.63, 3.8) is 0 Å². The molecule has 1 fully saturated rings. The molecule has 1 aliphatic heterocycles. The van der Waals surface area contributed by atoms with Gasteiger partial charge in [-0.1, -0.05) is 19.4 Å². The van der Waals surface area contributed by atoms with Gasteiger partial charge in [-0.15, -0.1) is 11.3 Å². The standard InChI is InChI=1S/C16H26N2O3S2/c1-3-5-10-17(4-2)16(19)14-8-11-18(12-9-14)23(20,21)15-7-6-13-22-15/h6-7,13-14H,3-5,8-12H2,1-2H3. The predicted octanol–water partition coefficient (Wildman–Crippen LogP) is 2.80. The molecule has 2 heterocycles. The molecule has 1 saturated heterocycles. The molecular weight excluding hydrogens is 332 g/mol. The fourth-order valence-corrected chi connectivity index (χ4v) is 5.53. The summed E-state index contributed by atoms with van der Waals surface area (Å²) in [5.74, 6) is 0.149. The Morgan fingerprint density at radius 1 is 1.35 bits per heavy atom. The number of sulfonamides is 1. The lowest BCUT2D eigenvalue weighted by molar-refractivity contribution is -0.136. The SMILES string of the molecule is CCCCN(CC)C(=O)C1CCN(S(=O)(=O)c2cccs2)CC1. The Labute approximate surface area is 143 Å². The number of piperidine rings is 1. The minimum absolute atomic E-state index is 0.0402. The van der Waals surface area contributed by atoms with E-state index in [9.17, 15) is 13.2 Å². The van der Waals surface area contributed by atoms with E-state index in [1.54, 1.807) is 17.5 Å². The van der Waals surface area contributed by atoms with Crippen LogP contribution in [0.25, 0.3) is 0 Å². The van der Waals surface area contributed by atoms with Crippen LogP contribution >= 0.6 is 11.3 Å².